The van der Waals surface area contributed by atoms with E-state index in [9.17, 15) is 9.59 Å². The second-order valence-electron chi connectivity index (χ2n) is 9.78. The summed E-state index contributed by atoms with van der Waals surface area (Å²) in [5.41, 5.74) is 2.77. The maximum atomic E-state index is 12.9. The van der Waals surface area contributed by atoms with Crippen LogP contribution in [-0.4, -0.2) is 33.2 Å². The molecule has 1 aliphatic rings. The van der Waals surface area contributed by atoms with Gasteiger partial charge in [0.2, 0.25) is 5.91 Å². The lowest BCUT2D eigenvalue weighted by molar-refractivity contribution is -0.139. The third-order valence-electron chi connectivity index (χ3n) is 6.07. The molecule has 0 spiro atoms. The summed E-state index contributed by atoms with van der Waals surface area (Å²) in [4.78, 5) is 25.1. The van der Waals surface area contributed by atoms with Crippen molar-refractivity contribution in [1.82, 2.24) is 0 Å². The first-order chi connectivity index (χ1) is 15.4. The number of anilines is 1. The van der Waals surface area contributed by atoms with Gasteiger partial charge in [0.15, 0.2) is 5.75 Å². The molecule has 7 heteroatoms. The van der Waals surface area contributed by atoms with E-state index in [0.717, 1.165) is 16.7 Å². The van der Waals surface area contributed by atoms with E-state index in [0.29, 0.717) is 34.2 Å². The molecule has 0 saturated heterocycles. The Balaban J connectivity index is 2.31. The maximum absolute atomic E-state index is 12.9. The van der Waals surface area contributed by atoms with Crippen molar-refractivity contribution in [2.45, 2.75) is 53.4 Å². The van der Waals surface area contributed by atoms with Crippen LogP contribution in [0.3, 0.4) is 0 Å². The van der Waals surface area contributed by atoms with E-state index in [1.807, 2.05) is 45.9 Å². The van der Waals surface area contributed by atoms with Gasteiger partial charge in [0.25, 0.3) is 0 Å². The average molecular weight is 456 g/mol. The SMILES string of the molecule is COC(=O)Cc1c(OC)cc(C)c2c1Oc1c(ccc(OC)c1NC(=O)C(C)(C)C)C2(C)C. The molecule has 2 aromatic carbocycles. The first-order valence-electron chi connectivity index (χ1n) is 10.8. The van der Waals surface area contributed by atoms with Crippen molar-refractivity contribution >= 4 is 17.6 Å². The van der Waals surface area contributed by atoms with Crippen LogP contribution < -0.4 is 19.5 Å². The second-order valence-corrected chi connectivity index (χ2v) is 9.78. The Hall–Kier alpha value is -3.22. The number of methoxy groups -OCH3 is 3. The van der Waals surface area contributed by atoms with Crippen molar-refractivity contribution in [2.24, 2.45) is 5.41 Å². The molecule has 1 amide bonds. The van der Waals surface area contributed by atoms with Gasteiger partial charge in [-0.05, 0) is 24.6 Å². The molecule has 0 fully saturated rings. The topological polar surface area (TPSA) is 83.1 Å². The number of hydrogen-bond donors (Lipinski definition) is 1. The van der Waals surface area contributed by atoms with Crippen LogP contribution in [0.5, 0.6) is 23.0 Å². The van der Waals surface area contributed by atoms with E-state index in [1.165, 1.54) is 7.11 Å². The smallest absolute Gasteiger partial charge is 0.310 e. The molecular formula is C26H33NO6. The molecule has 1 aliphatic heterocycles. The zero-order valence-corrected chi connectivity index (χ0v) is 20.9. The van der Waals surface area contributed by atoms with Crippen LogP contribution >= 0.6 is 0 Å². The van der Waals surface area contributed by atoms with Crippen LogP contribution in [0.25, 0.3) is 0 Å². The number of fused-ring (bicyclic) bond motifs is 2. The zero-order chi connectivity index (χ0) is 24.7. The Labute approximate surface area is 195 Å². The standard InChI is InChI=1S/C26H33NO6/c1-14-12-18(31-8)15(13-19(28)32-9)22-20(14)26(5,6)16-10-11-17(30-7)21(23(16)33-22)27-24(29)25(2,3)4/h10-12H,13H2,1-9H3,(H,27,29). The molecule has 2 aromatic rings. The van der Waals surface area contributed by atoms with Crippen LogP contribution in [0.4, 0.5) is 5.69 Å². The minimum atomic E-state index is -0.619. The number of esters is 1. The van der Waals surface area contributed by atoms with E-state index in [2.05, 4.69) is 19.2 Å². The van der Waals surface area contributed by atoms with Gasteiger partial charge in [-0.1, -0.05) is 40.7 Å². The third-order valence-corrected chi connectivity index (χ3v) is 6.07. The minimum Gasteiger partial charge on any atom is -0.496 e. The Morgan fingerprint density at radius 2 is 1.67 bits per heavy atom. The van der Waals surface area contributed by atoms with Crippen LogP contribution in [-0.2, 0) is 26.2 Å². The predicted octanol–water partition coefficient (Wildman–Crippen LogP) is 5.14. The third kappa shape index (κ3) is 4.24. The summed E-state index contributed by atoms with van der Waals surface area (Å²) in [6.07, 6.45) is -0.0125. The molecule has 33 heavy (non-hydrogen) atoms. The van der Waals surface area contributed by atoms with E-state index in [4.69, 9.17) is 18.9 Å². The number of nitrogens with one attached hydrogen (secondary N) is 1. The Morgan fingerprint density at radius 3 is 2.21 bits per heavy atom. The Morgan fingerprint density at radius 1 is 1.03 bits per heavy atom. The summed E-state index contributed by atoms with van der Waals surface area (Å²) >= 11 is 0. The molecule has 3 rings (SSSR count). The van der Waals surface area contributed by atoms with E-state index in [-0.39, 0.29) is 12.3 Å². The lowest BCUT2D eigenvalue weighted by atomic mass is 9.72. The molecule has 1 heterocycles. The minimum absolute atomic E-state index is 0.0125. The number of carbonyl (C=O) groups is 2. The monoisotopic (exact) mass is 455 g/mol. The summed E-state index contributed by atoms with van der Waals surface area (Å²) in [5.74, 6) is 1.48. The largest absolute Gasteiger partial charge is 0.496 e. The van der Waals surface area contributed by atoms with Crippen molar-refractivity contribution in [1.29, 1.82) is 0 Å². The second kappa shape index (κ2) is 8.61. The van der Waals surface area contributed by atoms with Gasteiger partial charge in [-0.2, -0.15) is 0 Å². The average Bonchev–Trinajstić information content (AvgIpc) is 2.74. The van der Waals surface area contributed by atoms with E-state index in [1.54, 1.807) is 14.2 Å². The summed E-state index contributed by atoms with van der Waals surface area (Å²) in [6.45, 7) is 11.7. The van der Waals surface area contributed by atoms with Crippen molar-refractivity contribution < 1.29 is 28.5 Å². The number of hydrogen-bond acceptors (Lipinski definition) is 6. The van der Waals surface area contributed by atoms with Crippen LogP contribution in [0.1, 0.15) is 56.9 Å². The number of ether oxygens (including phenoxy) is 4. The summed E-state index contributed by atoms with van der Waals surface area (Å²) < 4.78 is 22.6. The van der Waals surface area contributed by atoms with Gasteiger partial charge >= 0.3 is 5.97 Å². The van der Waals surface area contributed by atoms with Crippen LogP contribution in [0.2, 0.25) is 0 Å². The highest BCUT2D eigenvalue weighted by Gasteiger charge is 2.40. The van der Waals surface area contributed by atoms with Gasteiger partial charge in [0.1, 0.15) is 22.9 Å². The fourth-order valence-electron chi connectivity index (χ4n) is 4.24. The summed E-state index contributed by atoms with van der Waals surface area (Å²) in [7, 11) is 4.45. The van der Waals surface area contributed by atoms with Crippen molar-refractivity contribution in [3.05, 3.63) is 40.5 Å². The fourth-order valence-corrected chi connectivity index (χ4v) is 4.24. The number of amides is 1. The Bertz CT molecular complexity index is 1110. The first kappa shape index (κ1) is 24.4. The quantitative estimate of drug-likeness (QED) is 0.628. The lowest BCUT2D eigenvalue weighted by Gasteiger charge is -2.38. The van der Waals surface area contributed by atoms with Crippen LogP contribution in [0.15, 0.2) is 18.2 Å². The zero-order valence-electron chi connectivity index (χ0n) is 20.9. The molecule has 1 N–H and O–H groups in total. The van der Waals surface area contributed by atoms with Gasteiger partial charge in [-0.25, -0.2) is 0 Å². The summed E-state index contributed by atoms with van der Waals surface area (Å²) in [5, 5.41) is 3.00. The molecule has 0 atom stereocenters. The van der Waals surface area contributed by atoms with Crippen LogP contribution in [0, 0.1) is 12.3 Å². The van der Waals surface area contributed by atoms with Gasteiger partial charge in [0, 0.05) is 27.5 Å². The molecule has 7 nitrogen and oxygen atoms in total. The molecule has 0 aliphatic carbocycles. The predicted molar refractivity (Wildman–Crippen MR) is 127 cm³/mol. The molecule has 0 unspecified atom stereocenters. The molecule has 0 radical (unpaired) electrons. The van der Waals surface area contributed by atoms with Gasteiger partial charge in [0.05, 0.1) is 27.8 Å². The van der Waals surface area contributed by atoms with Crippen molar-refractivity contribution in [3.8, 4) is 23.0 Å². The molecule has 0 bridgehead atoms. The maximum Gasteiger partial charge on any atom is 0.310 e. The number of rotatable bonds is 5. The number of carbonyl (C=O) groups excluding carboxylic acids is 2. The molecular weight excluding hydrogens is 422 g/mol. The van der Waals surface area contributed by atoms with Gasteiger partial charge < -0.3 is 24.3 Å². The molecule has 178 valence electrons. The molecule has 0 aromatic heterocycles. The summed E-state index contributed by atoms with van der Waals surface area (Å²) in [6, 6.07) is 5.70. The van der Waals surface area contributed by atoms with Crippen molar-refractivity contribution in [3.63, 3.8) is 0 Å². The fraction of sp³-hybridized carbons (Fsp3) is 0.462. The number of benzene rings is 2. The highest BCUT2D eigenvalue weighted by atomic mass is 16.5. The Kier molecular flexibility index (Phi) is 6.37. The van der Waals surface area contributed by atoms with E-state index >= 15 is 0 Å². The number of aryl methyl sites for hydroxylation is 1. The first-order valence-corrected chi connectivity index (χ1v) is 10.8. The van der Waals surface area contributed by atoms with Gasteiger partial charge in [-0.3, -0.25) is 9.59 Å². The van der Waals surface area contributed by atoms with Crippen molar-refractivity contribution in [2.75, 3.05) is 26.6 Å². The van der Waals surface area contributed by atoms with E-state index < -0.39 is 16.8 Å². The lowest BCUT2D eigenvalue weighted by Crippen LogP contribution is -2.30. The molecule has 0 saturated carbocycles. The highest BCUT2D eigenvalue weighted by Crippen LogP contribution is 2.56. The van der Waals surface area contributed by atoms with Gasteiger partial charge in [-0.15, -0.1) is 0 Å². The highest BCUT2D eigenvalue weighted by molar-refractivity contribution is 5.98. The normalized spacial score (nSPS) is 13.8.